The lowest BCUT2D eigenvalue weighted by Gasteiger charge is -2.26. The fourth-order valence-corrected chi connectivity index (χ4v) is 4.07. The second kappa shape index (κ2) is 7.31. The van der Waals surface area contributed by atoms with E-state index in [1.54, 1.807) is 19.9 Å². The fourth-order valence-electron chi connectivity index (χ4n) is 2.58. The van der Waals surface area contributed by atoms with Gasteiger partial charge in [0.25, 0.3) is 5.91 Å². The number of carbonyl (C=O) groups is 1. The molecular weight excluding hydrogens is 316 g/mol. The molecule has 0 unspecified atom stereocenters. The molecule has 0 saturated heterocycles. The van der Waals surface area contributed by atoms with E-state index < -0.39 is 16.1 Å². The zero-order valence-corrected chi connectivity index (χ0v) is 14.6. The number of fused-ring (bicyclic) bond motifs is 1. The number of benzene rings is 1. The third kappa shape index (κ3) is 3.67. The van der Waals surface area contributed by atoms with Crippen LogP contribution in [-0.2, 0) is 14.8 Å². The highest BCUT2D eigenvalue weighted by Gasteiger charge is 2.29. The Kier molecular flexibility index (Phi) is 5.64. The topological polar surface area (TPSA) is 75.7 Å². The summed E-state index contributed by atoms with van der Waals surface area (Å²) in [5.74, 6) is 0.299. The number of anilines is 1. The van der Waals surface area contributed by atoms with Crippen LogP contribution in [0.25, 0.3) is 0 Å². The Morgan fingerprint density at radius 1 is 1.22 bits per heavy atom. The number of nitrogens with zero attached hydrogens (tertiary/aromatic N) is 1. The molecule has 1 heterocycles. The Morgan fingerprint density at radius 3 is 2.52 bits per heavy atom. The number of carbonyl (C=O) groups excluding carboxylic acids is 1. The van der Waals surface area contributed by atoms with E-state index in [0.29, 0.717) is 30.9 Å². The number of ether oxygens (including phenoxy) is 1. The summed E-state index contributed by atoms with van der Waals surface area (Å²) in [4.78, 5) is 12.2. The van der Waals surface area contributed by atoms with Gasteiger partial charge in [0, 0.05) is 13.1 Å². The maximum atomic E-state index is 12.5. The predicted molar refractivity (Wildman–Crippen MR) is 89.1 cm³/mol. The van der Waals surface area contributed by atoms with E-state index >= 15 is 0 Å². The van der Waals surface area contributed by atoms with Crippen LogP contribution in [0.1, 0.15) is 40.0 Å². The molecule has 0 spiro atoms. The Labute approximate surface area is 137 Å². The van der Waals surface area contributed by atoms with E-state index in [2.05, 4.69) is 12.2 Å². The average molecular weight is 340 g/mol. The van der Waals surface area contributed by atoms with Crippen molar-refractivity contribution in [2.75, 3.05) is 18.4 Å². The van der Waals surface area contributed by atoms with Crippen LogP contribution in [0.2, 0.25) is 0 Å². The molecule has 0 bridgehead atoms. The van der Waals surface area contributed by atoms with Crippen LogP contribution in [0, 0.1) is 0 Å². The van der Waals surface area contributed by atoms with Gasteiger partial charge in [-0.15, -0.1) is 0 Å². The molecule has 2 rings (SSSR count). The lowest BCUT2D eigenvalue weighted by Crippen LogP contribution is -2.37. The third-order valence-corrected chi connectivity index (χ3v) is 5.98. The molecule has 0 fully saturated rings. The Balaban J connectivity index is 2.28. The van der Waals surface area contributed by atoms with Crippen molar-refractivity contribution in [3.63, 3.8) is 0 Å². The number of amides is 1. The summed E-state index contributed by atoms with van der Waals surface area (Å²) in [6, 6.07) is 4.61. The summed E-state index contributed by atoms with van der Waals surface area (Å²) in [6.45, 7) is 6.44. The first kappa shape index (κ1) is 17.7. The number of rotatable bonds is 7. The lowest BCUT2D eigenvalue weighted by molar-refractivity contribution is -0.123. The molecule has 1 amide bonds. The van der Waals surface area contributed by atoms with E-state index in [9.17, 15) is 13.2 Å². The van der Waals surface area contributed by atoms with Crippen molar-refractivity contribution in [2.24, 2.45) is 0 Å². The van der Waals surface area contributed by atoms with Crippen molar-refractivity contribution in [3.05, 3.63) is 18.2 Å². The zero-order chi connectivity index (χ0) is 17.0. The van der Waals surface area contributed by atoms with Crippen molar-refractivity contribution in [2.45, 2.75) is 51.0 Å². The van der Waals surface area contributed by atoms with Gasteiger partial charge in [0.05, 0.1) is 10.6 Å². The molecule has 23 heavy (non-hydrogen) atoms. The van der Waals surface area contributed by atoms with Crippen molar-refractivity contribution in [1.29, 1.82) is 0 Å². The molecule has 1 aromatic rings. The van der Waals surface area contributed by atoms with Crippen LogP contribution in [-0.4, -0.2) is 37.8 Å². The standard InChI is InChI=1S/C16H24N2O4S/c1-4-7-8-15-16(19)17-13-11-12(9-10-14(13)22-15)23(20,21)18(5-2)6-3/h9-11,15H,4-8H2,1-3H3,(H,17,19)/t15-/m1/s1. The first-order valence-corrected chi connectivity index (χ1v) is 9.49. The highest BCUT2D eigenvalue weighted by molar-refractivity contribution is 7.89. The average Bonchev–Trinajstić information content (AvgIpc) is 2.53. The van der Waals surface area contributed by atoms with Gasteiger partial charge in [-0.05, 0) is 31.0 Å². The minimum atomic E-state index is -3.55. The Hall–Kier alpha value is -1.60. The number of hydrogen-bond acceptors (Lipinski definition) is 4. The monoisotopic (exact) mass is 340 g/mol. The van der Waals surface area contributed by atoms with Crippen LogP contribution in [0.3, 0.4) is 0 Å². The number of unbranched alkanes of at least 4 members (excludes halogenated alkanes) is 1. The highest BCUT2D eigenvalue weighted by atomic mass is 32.2. The minimum absolute atomic E-state index is 0.163. The molecular formula is C16H24N2O4S. The number of nitrogens with one attached hydrogen (secondary N) is 1. The summed E-state index contributed by atoms with van der Waals surface area (Å²) in [7, 11) is -3.55. The largest absolute Gasteiger partial charge is 0.478 e. The molecule has 1 aliphatic heterocycles. The second-order valence-corrected chi connectivity index (χ2v) is 7.42. The van der Waals surface area contributed by atoms with E-state index in [4.69, 9.17) is 4.74 Å². The van der Waals surface area contributed by atoms with Gasteiger partial charge in [0.2, 0.25) is 10.0 Å². The normalized spacial score (nSPS) is 17.6. The van der Waals surface area contributed by atoms with Crippen LogP contribution in [0.5, 0.6) is 5.75 Å². The summed E-state index contributed by atoms with van der Waals surface area (Å²) in [6.07, 6.45) is 2.04. The van der Waals surface area contributed by atoms with Crippen molar-refractivity contribution < 1.29 is 17.9 Å². The van der Waals surface area contributed by atoms with Crippen LogP contribution < -0.4 is 10.1 Å². The molecule has 128 valence electrons. The van der Waals surface area contributed by atoms with Gasteiger partial charge in [-0.1, -0.05) is 27.2 Å². The maximum Gasteiger partial charge on any atom is 0.265 e. The molecule has 6 nitrogen and oxygen atoms in total. The zero-order valence-electron chi connectivity index (χ0n) is 13.8. The molecule has 1 N–H and O–H groups in total. The van der Waals surface area contributed by atoms with Crippen molar-refractivity contribution in [1.82, 2.24) is 4.31 Å². The fraction of sp³-hybridized carbons (Fsp3) is 0.562. The maximum absolute atomic E-state index is 12.5. The van der Waals surface area contributed by atoms with Crippen LogP contribution >= 0.6 is 0 Å². The highest BCUT2D eigenvalue weighted by Crippen LogP contribution is 2.33. The second-order valence-electron chi connectivity index (χ2n) is 5.49. The molecule has 0 radical (unpaired) electrons. The summed E-state index contributed by atoms with van der Waals surface area (Å²) >= 11 is 0. The van der Waals surface area contributed by atoms with Gasteiger partial charge in [-0.25, -0.2) is 8.42 Å². The van der Waals surface area contributed by atoms with Gasteiger partial charge in [0.1, 0.15) is 5.75 Å². The van der Waals surface area contributed by atoms with Gasteiger partial charge in [-0.2, -0.15) is 4.31 Å². The summed E-state index contributed by atoms with van der Waals surface area (Å²) in [5, 5.41) is 2.76. The molecule has 0 aliphatic carbocycles. The van der Waals surface area contributed by atoms with Crippen molar-refractivity contribution in [3.8, 4) is 5.75 Å². The molecule has 7 heteroatoms. The third-order valence-electron chi connectivity index (χ3n) is 3.93. The van der Waals surface area contributed by atoms with Gasteiger partial charge < -0.3 is 10.1 Å². The smallest absolute Gasteiger partial charge is 0.265 e. The summed E-state index contributed by atoms with van der Waals surface area (Å²) in [5.41, 5.74) is 0.413. The molecule has 1 aromatic carbocycles. The van der Waals surface area contributed by atoms with Gasteiger partial charge in [0.15, 0.2) is 6.10 Å². The minimum Gasteiger partial charge on any atom is -0.478 e. The van der Waals surface area contributed by atoms with E-state index in [0.717, 1.165) is 12.8 Å². The molecule has 1 atom stereocenters. The number of hydrogen-bond donors (Lipinski definition) is 1. The van der Waals surface area contributed by atoms with Gasteiger partial charge >= 0.3 is 0 Å². The predicted octanol–water partition coefficient (Wildman–Crippen LogP) is 2.61. The Bertz CT molecular complexity index is 669. The van der Waals surface area contributed by atoms with Crippen LogP contribution in [0.4, 0.5) is 5.69 Å². The Morgan fingerprint density at radius 2 is 1.91 bits per heavy atom. The molecule has 0 aromatic heterocycles. The quantitative estimate of drug-likeness (QED) is 0.828. The molecule has 1 aliphatic rings. The van der Waals surface area contributed by atoms with E-state index in [-0.39, 0.29) is 10.8 Å². The van der Waals surface area contributed by atoms with Crippen LogP contribution in [0.15, 0.2) is 23.1 Å². The molecule has 0 saturated carbocycles. The lowest BCUT2D eigenvalue weighted by atomic mass is 10.1. The van der Waals surface area contributed by atoms with Crippen molar-refractivity contribution >= 4 is 21.6 Å². The van der Waals surface area contributed by atoms with Gasteiger partial charge in [-0.3, -0.25) is 4.79 Å². The first-order chi connectivity index (χ1) is 10.9. The van der Waals surface area contributed by atoms with E-state index in [1.165, 1.54) is 16.4 Å². The number of sulfonamides is 1. The first-order valence-electron chi connectivity index (χ1n) is 8.05. The van der Waals surface area contributed by atoms with E-state index in [1.807, 2.05) is 0 Å². The SMILES string of the molecule is CCCC[C@H]1Oc2ccc(S(=O)(=O)N(CC)CC)cc2NC1=O. The summed E-state index contributed by atoms with van der Waals surface area (Å²) < 4.78 is 32.2.